The highest BCUT2D eigenvalue weighted by Gasteiger charge is 1.95. The maximum Gasteiger partial charge on any atom is 0.136 e. The van der Waals surface area contributed by atoms with Crippen LogP contribution >= 0.6 is 11.6 Å². The third-order valence-electron chi connectivity index (χ3n) is 1.55. The third-order valence-corrected chi connectivity index (χ3v) is 1.85. The third kappa shape index (κ3) is 1.08. The van der Waals surface area contributed by atoms with E-state index in [0.717, 1.165) is 10.8 Å². The van der Waals surface area contributed by atoms with Gasteiger partial charge >= 0.3 is 0 Å². The van der Waals surface area contributed by atoms with E-state index < -0.39 is 0 Å². The Balaban J connectivity index is 2.91. The smallest absolute Gasteiger partial charge is 0.136 e. The van der Waals surface area contributed by atoms with Crippen molar-refractivity contribution in [3.8, 4) is 0 Å². The molecule has 0 saturated heterocycles. The predicted molar refractivity (Wildman–Crippen MR) is 45.6 cm³/mol. The zero-order valence-corrected chi connectivity index (χ0v) is 6.47. The molecule has 1 nitrogen and oxygen atoms in total. The number of fused-ring (bicyclic) bond motifs is 1. The molecule has 0 fully saturated rings. The van der Waals surface area contributed by atoms with Crippen LogP contribution in [0.5, 0.6) is 0 Å². The molecule has 2 aromatic rings. The van der Waals surface area contributed by atoms with Gasteiger partial charge in [-0.05, 0) is 5.39 Å². The molecule has 2 heteroatoms. The van der Waals surface area contributed by atoms with Crippen molar-refractivity contribution in [1.82, 2.24) is 4.98 Å². The lowest BCUT2D eigenvalue weighted by Gasteiger charge is -1.95. The van der Waals surface area contributed by atoms with Crippen LogP contribution in [-0.4, -0.2) is 4.98 Å². The standard InChI is InChI=1S/C9H5ClN/c10-9-8-4-2-1-3-7(8)5-6-11-9/h1-4,6H. The molecule has 0 aliphatic heterocycles. The van der Waals surface area contributed by atoms with Gasteiger partial charge in [0, 0.05) is 17.6 Å². The van der Waals surface area contributed by atoms with Crippen LogP contribution in [0.25, 0.3) is 10.8 Å². The van der Waals surface area contributed by atoms with E-state index in [1.165, 1.54) is 0 Å². The first-order valence-corrected chi connectivity index (χ1v) is 3.66. The second kappa shape index (κ2) is 2.51. The molecule has 0 unspecified atom stereocenters. The van der Waals surface area contributed by atoms with Gasteiger partial charge in [-0.1, -0.05) is 35.9 Å². The fourth-order valence-electron chi connectivity index (χ4n) is 1.02. The molecule has 53 valence electrons. The van der Waals surface area contributed by atoms with Crippen molar-refractivity contribution in [2.75, 3.05) is 0 Å². The van der Waals surface area contributed by atoms with Crippen LogP contribution in [0, 0.1) is 6.07 Å². The Labute approximate surface area is 69.6 Å². The molecule has 0 atom stereocenters. The number of rotatable bonds is 0. The maximum atomic E-state index is 5.83. The summed E-state index contributed by atoms with van der Waals surface area (Å²) in [4.78, 5) is 3.92. The summed E-state index contributed by atoms with van der Waals surface area (Å²) in [5.41, 5.74) is 0. The van der Waals surface area contributed by atoms with Crippen LogP contribution in [-0.2, 0) is 0 Å². The monoisotopic (exact) mass is 162 g/mol. The average Bonchev–Trinajstić information content (AvgIpc) is 2.06. The summed E-state index contributed by atoms with van der Waals surface area (Å²) in [6.07, 6.45) is 1.59. The quantitative estimate of drug-likeness (QED) is 0.543. The SMILES string of the molecule is Clc1nc[c]c2ccccc12. The van der Waals surface area contributed by atoms with Crippen LogP contribution in [0.3, 0.4) is 0 Å². The molecular formula is C9H5ClN. The van der Waals surface area contributed by atoms with Gasteiger partial charge in [0.25, 0.3) is 0 Å². The maximum absolute atomic E-state index is 5.83. The molecule has 2 rings (SSSR count). The van der Waals surface area contributed by atoms with Gasteiger partial charge in [-0.2, -0.15) is 0 Å². The Bertz CT molecular complexity index is 379. The van der Waals surface area contributed by atoms with E-state index in [-0.39, 0.29) is 0 Å². The Hall–Kier alpha value is -1.08. The van der Waals surface area contributed by atoms with Gasteiger partial charge in [0.15, 0.2) is 0 Å². The van der Waals surface area contributed by atoms with E-state index in [0.29, 0.717) is 5.15 Å². The molecule has 0 amide bonds. The number of pyridine rings is 1. The molecule has 1 aromatic heterocycles. The summed E-state index contributed by atoms with van der Waals surface area (Å²) in [7, 11) is 0. The lowest BCUT2D eigenvalue weighted by atomic mass is 10.2. The Morgan fingerprint density at radius 3 is 2.91 bits per heavy atom. The molecule has 0 saturated carbocycles. The highest BCUT2D eigenvalue weighted by atomic mass is 35.5. The molecule has 0 aliphatic rings. The minimum Gasteiger partial charge on any atom is -0.243 e. The second-order valence-electron chi connectivity index (χ2n) is 2.24. The fourth-order valence-corrected chi connectivity index (χ4v) is 1.23. The van der Waals surface area contributed by atoms with Gasteiger partial charge < -0.3 is 0 Å². The molecule has 0 aliphatic carbocycles. The average molecular weight is 163 g/mol. The topological polar surface area (TPSA) is 12.9 Å². The minimum absolute atomic E-state index is 0.541. The van der Waals surface area contributed by atoms with Crippen molar-refractivity contribution < 1.29 is 0 Å². The molecule has 1 heterocycles. The van der Waals surface area contributed by atoms with Gasteiger partial charge in [-0.15, -0.1) is 0 Å². The summed E-state index contributed by atoms with van der Waals surface area (Å²) >= 11 is 5.83. The van der Waals surface area contributed by atoms with Crippen molar-refractivity contribution in [2.45, 2.75) is 0 Å². The number of halogens is 1. The van der Waals surface area contributed by atoms with Crippen LogP contribution in [0.4, 0.5) is 0 Å². The van der Waals surface area contributed by atoms with Gasteiger partial charge in [-0.3, -0.25) is 0 Å². The van der Waals surface area contributed by atoms with E-state index in [9.17, 15) is 0 Å². The van der Waals surface area contributed by atoms with Crippen molar-refractivity contribution in [2.24, 2.45) is 0 Å². The number of hydrogen-bond acceptors (Lipinski definition) is 1. The summed E-state index contributed by atoms with van der Waals surface area (Å²) in [6.45, 7) is 0. The summed E-state index contributed by atoms with van der Waals surface area (Å²) in [5.74, 6) is 0. The van der Waals surface area contributed by atoms with Crippen molar-refractivity contribution >= 4 is 22.4 Å². The van der Waals surface area contributed by atoms with Crippen molar-refractivity contribution in [3.63, 3.8) is 0 Å². The molecule has 11 heavy (non-hydrogen) atoms. The largest absolute Gasteiger partial charge is 0.243 e. The fraction of sp³-hybridized carbons (Fsp3) is 0. The number of benzene rings is 1. The van der Waals surface area contributed by atoms with Gasteiger partial charge in [-0.25, -0.2) is 4.98 Å². The molecule has 0 N–H and O–H groups in total. The van der Waals surface area contributed by atoms with Crippen molar-refractivity contribution in [1.29, 1.82) is 0 Å². The van der Waals surface area contributed by atoms with Crippen LogP contribution in [0.1, 0.15) is 0 Å². The first kappa shape index (κ1) is 6.62. The number of aromatic nitrogens is 1. The van der Waals surface area contributed by atoms with Crippen LogP contribution in [0.15, 0.2) is 30.5 Å². The zero-order valence-electron chi connectivity index (χ0n) is 5.71. The Morgan fingerprint density at radius 1 is 1.27 bits per heavy atom. The number of nitrogens with zero attached hydrogens (tertiary/aromatic N) is 1. The summed E-state index contributed by atoms with van der Waals surface area (Å²) in [5, 5.41) is 2.50. The molecular weight excluding hydrogens is 158 g/mol. The van der Waals surface area contributed by atoms with Gasteiger partial charge in [0.1, 0.15) is 5.15 Å². The van der Waals surface area contributed by atoms with Crippen LogP contribution < -0.4 is 0 Å². The molecule has 1 aromatic carbocycles. The van der Waals surface area contributed by atoms with Crippen LogP contribution in [0.2, 0.25) is 5.15 Å². The van der Waals surface area contributed by atoms with E-state index in [2.05, 4.69) is 11.1 Å². The summed E-state index contributed by atoms with van der Waals surface area (Å²) < 4.78 is 0. The predicted octanol–water partition coefficient (Wildman–Crippen LogP) is 2.69. The van der Waals surface area contributed by atoms with Gasteiger partial charge in [0.05, 0.1) is 0 Å². The van der Waals surface area contributed by atoms with E-state index in [4.69, 9.17) is 11.6 Å². The van der Waals surface area contributed by atoms with E-state index >= 15 is 0 Å². The van der Waals surface area contributed by atoms with E-state index in [1.807, 2.05) is 24.3 Å². The Kier molecular flexibility index (Phi) is 1.51. The van der Waals surface area contributed by atoms with Gasteiger partial charge in [0.2, 0.25) is 0 Å². The highest BCUT2D eigenvalue weighted by molar-refractivity contribution is 6.34. The lowest BCUT2D eigenvalue weighted by molar-refractivity contribution is 1.36. The number of hydrogen-bond donors (Lipinski definition) is 0. The van der Waals surface area contributed by atoms with Crippen molar-refractivity contribution in [3.05, 3.63) is 41.7 Å². The molecule has 0 spiro atoms. The second-order valence-corrected chi connectivity index (χ2v) is 2.60. The highest BCUT2D eigenvalue weighted by Crippen LogP contribution is 2.18. The molecule has 0 bridgehead atoms. The zero-order chi connectivity index (χ0) is 7.68. The summed E-state index contributed by atoms with van der Waals surface area (Å²) in [6, 6.07) is 10.8. The lowest BCUT2D eigenvalue weighted by Crippen LogP contribution is -1.76. The minimum atomic E-state index is 0.541. The Morgan fingerprint density at radius 2 is 2.09 bits per heavy atom. The van der Waals surface area contributed by atoms with E-state index in [1.54, 1.807) is 6.20 Å². The first-order valence-electron chi connectivity index (χ1n) is 3.29. The molecule has 1 radical (unpaired) electrons. The first-order chi connectivity index (χ1) is 5.38. The normalized spacial score (nSPS) is 10.3.